The Balaban J connectivity index is 1.60. The van der Waals surface area contributed by atoms with Crippen molar-refractivity contribution in [2.75, 3.05) is 19.8 Å². The molecule has 3 N–H and O–H groups in total. The monoisotopic (exact) mass is 325 g/mol. The van der Waals surface area contributed by atoms with E-state index >= 15 is 0 Å². The first kappa shape index (κ1) is 16.6. The fourth-order valence-corrected chi connectivity index (χ4v) is 3.02. The molecule has 0 aliphatic carbocycles. The number of rotatable bonds is 6. The predicted octanol–water partition coefficient (Wildman–Crippen LogP) is 1.57. The predicted molar refractivity (Wildman–Crippen MR) is 92.7 cm³/mol. The Labute approximate surface area is 142 Å². The molecule has 0 unspecified atom stereocenters. The first-order valence-corrected chi connectivity index (χ1v) is 8.33. The van der Waals surface area contributed by atoms with Crippen LogP contribution in [0.15, 0.2) is 48.8 Å². The van der Waals surface area contributed by atoms with Crippen LogP contribution >= 0.6 is 0 Å². The van der Waals surface area contributed by atoms with E-state index < -0.39 is 0 Å². The second kappa shape index (κ2) is 8.04. The highest BCUT2D eigenvalue weighted by Gasteiger charge is 2.29. The molecule has 0 spiro atoms. The third-order valence-corrected chi connectivity index (χ3v) is 4.41. The van der Waals surface area contributed by atoms with Gasteiger partial charge < -0.3 is 15.8 Å². The van der Waals surface area contributed by atoms with Crippen LogP contribution in [0.3, 0.4) is 0 Å². The van der Waals surface area contributed by atoms with Crippen molar-refractivity contribution in [3.63, 3.8) is 0 Å². The topological polar surface area (TPSA) is 77.2 Å². The van der Waals surface area contributed by atoms with E-state index in [1.165, 1.54) is 5.56 Å². The lowest BCUT2D eigenvalue weighted by Gasteiger charge is -2.19. The number of nitrogens with zero attached hydrogens (tertiary/aromatic N) is 1. The molecule has 24 heavy (non-hydrogen) atoms. The van der Waals surface area contributed by atoms with E-state index in [0.717, 1.165) is 18.4 Å². The lowest BCUT2D eigenvalue weighted by atomic mass is 9.95. The summed E-state index contributed by atoms with van der Waals surface area (Å²) < 4.78 is 5.59. The molecular weight excluding hydrogens is 302 g/mol. The minimum Gasteiger partial charge on any atom is -0.379 e. The molecule has 2 atom stereocenters. The zero-order valence-corrected chi connectivity index (χ0v) is 13.7. The third kappa shape index (κ3) is 4.19. The number of amides is 1. The van der Waals surface area contributed by atoms with E-state index in [1.54, 1.807) is 12.4 Å². The van der Waals surface area contributed by atoms with Crippen molar-refractivity contribution >= 4 is 5.91 Å². The van der Waals surface area contributed by atoms with Crippen molar-refractivity contribution in [1.82, 2.24) is 10.3 Å². The van der Waals surface area contributed by atoms with Gasteiger partial charge in [-0.05, 0) is 54.8 Å². The molecule has 126 valence electrons. The smallest absolute Gasteiger partial charge is 0.251 e. The molecule has 3 rings (SSSR count). The number of carbonyl (C=O) groups is 1. The van der Waals surface area contributed by atoms with Gasteiger partial charge >= 0.3 is 0 Å². The van der Waals surface area contributed by atoms with Gasteiger partial charge in [0.1, 0.15) is 0 Å². The molecule has 1 aliphatic rings. The molecule has 2 heterocycles. The molecule has 0 saturated carbocycles. The van der Waals surface area contributed by atoms with Crippen LogP contribution < -0.4 is 11.1 Å². The Morgan fingerprint density at radius 1 is 1.12 bits per heavy atom. The SMILES string of the molecule is NCCc1ccc(C(=O)N[C@@H]2COC[C@H]2Cc2ccncc2)cc1. The van der Waals surface area contributed by atoms with Crippen molar-refractivity contribution in [1.29, 1.82) is 0 Å². The molecule has 1 aliphatic heterocycles. The zero-order valence-electron chi connectivity index (χ0n) is 13.7. The van der Waals surface area contributed by atoms with E-state index in [9.17, 15) is 4.79 Å². The average Bonchev–Trinajstić information content (AvgIpc) is 3.03. The van der Waals surface area contributed by atoms with Crippen molar-refractivity contribution in [3.05, 3.63) is 65.5 Å². The van der Waals surface area contributed by atoms with Gasteiger partial charge in [-0.25, -0.2) is 0 Å². The largest absolute Gasteiger partial charge is 0.379 e. The second-order valence-corrected chi connectivity index (χ2v) is 6.17. The Morgan fingerprint density at radius 2 is 1.88 bits per heavy atom. The minimum atomic E-state index is -0.0514. The first-order chi connectivity index (χ1) is 11.8. The number of pyridine rings is 1. The highest BCUT2D eigenvalue weighted by molar-refractivity contribution is 5.94. The number of carbonyl (C=O) groups excluding carboxylic acids is 1. The van der Waals surface area contributed by atoms with E-state index in [2.05, 4.69) is 10.3 Å². The lowest BCUT2D eigenvalue weighted by molar-refractivity contribution is 0.0925. The van der Waals surface area contributed by atoms with Crippen LogP contribution in [0.1, 0.15) is 21.5 Å². The van der Waals surface area contributed by atoms with Crippen LogP contribution in [-0.4, -0.2) is 36.7 Å². The molecule has 1 amide bonds. The molecule has 5 nitrogen and oxygen atoms in total. The Bertz CT molecular complexity index is 658. The first-order valence-electron chi connectivity index (χ1n) is 8.33. The highest BCUT2D eigenvalue weighted by atomic mass is 16.5. The molecule has 0 radical (unpaired) electrons. The molecule has 1 fully saturated rings. The molecule has 1 aromatic carbocycles. The Morgan fingerprint density at radius 3 is 2.58 bits per heavy atom. The van der Waals surface area contributed by atoms with Crippen molar-refractivity contribution in [2.45, 2.75) is 18.9 Å². The van der Waals surface area contributed by atoms with Gasteiger partial charge in [-0.1, -0.05) is 12.1 Å². The summed E-state index contributed by atoms with van der Waals surface area (Å²) in [7, 11) is 0. The summed E-state index contributed by atoms with van der Waals surface area (Å²) in [5.74, 6) is 0.234. The number of ether oxygens (including phenoxy) is 1. The van der Waals surface area contributed by atoms with E-state index in [0.29, 0.717) is 25.3 Å². The van der Waals surface area contributed by atoms with E-state index in [1.807, 2.05) is 36.4 Å². The zero-order chi connectivity index (χ0) is 16.8. The van der Waals surface area contributed by atoms with Crippen LogP contribution in [-0.2, 0) is 17.6 Å². The molecule has 0 bridgehead atoms. The van der Waals surface area contributed by atoms with E-state index in [-0.39, 0.29) is 17.9 Å². The fraction of sp³-hybridized carbons (Fsp3) is 0.368. The summed E-state index contributed by atoms with van der Waals surface area (Å²) in [5.41, 5.74) is 8.58. The summed E-state index contributed by atoms with van der Waals surface area (Å²) in [4.78, 5) is 16.5. The summed E-state index contributed by atoms with van der Waals surface area (Å²) in [5, 5.41) is 3.11. The van der Waals surface area contributed by atoms with Gasteiger partial charge in [0.15, 0.2) is 0 Å². The molecule has 2 aromatic rings. The van der Waals surface area contributed by atoms with Gasteiger partial charge in [-0.3, -0.25) is 9.78 Å². The number of aromatic nitrogens is 1. The number of benzene rings is 1. The molecule has 1 aromatic heterocycles. The van der Waals surface area contributed by atoms with Crippen molar-refractivity contribution in [3.8, 4) is 0 Å². The number of nitrogens with one attached hydrogen (secondary N) is 1. The number of hydrogen-bond donors (Lipinski definition) is 2. The van der Waals surface area contributed by atoms with Crippen LogP contribution in [0, 0.1) is 5.92 Å². The maximum atomic E-state index is 12.5. The second-order valence-electron chi connectivity index (χ2n) is 6.17. The molecule has 1 saturated heterocycles. The minimum absolute atomic E-state index is 0.0365. The Hall–Kier alpha value is -2.24. The summed E-state index contributed by atoms with van der Waals surface area (Å²) in [6, 6.07) is 11.7. The fourth-order valence-electron chi connectivity index (χ4n) is 3.02. The van der Waals surface area contributed by atoms with Crippen LogP contribution in [0.4, 0.5) is 0 Å². The van der Waals surface area contributed by atoms with Gasteiger partial charge in [0.25, 0.3) is 5.91 Å². The third-order valence-electron chi connectivity index (χ3n) is 4.41. The highest BCUT2D eigenvalue weighted by Crippen LogP contribution is 2.19. The van der Waals surface area contributed by atoms with Gasteiger partial charge in [0, 0.05) is 23.9 Å². The van der Waals surface area contributed by atoms with Crippen molar-refractivity contribution in [2.24, 2.45) is 11.7 Å². The van der Waals surface area contributed by atoms with E-state index in [4.69, 9.17) is 10.5 Å². The molecular formula is C19H23N3O2. The quantitative estimate of drug-likeness (QED) is 0.845. The van der Waals surface area contributed by atoms with Crippen LogP contribution in [0.25, 0.3) is 0 Å². The van der Waals surface area contributed by atoms with Crippen molar-refractivity contribution < 1.29 is 9.53 Å². The summed E-state index contributed by atoms with van der Waals surface area (Å²) >= 11 is 0. The van der Waals surface area contributed by atoms with Crippen LogP contribution in [0.2, 0.25) is 0 Å². The number of nitrogens with two attached hydrogens (primary N) is 1. The van der Waals surface area contributed by atoms with Crippen LogP contribution in [0.5, 0.6) is 0 Å². The van der Waals surface area contributed by atoms with Gasteiger partial charge in [0.2, 0.25) is 0 Å². The Kier molecular flexibility index (Phi) is 5.56. The lowest BCUT2D eigenvalue weighted by Crippen LogP contribution is -2.40. The summed E-state index contributed by atoms with van der Waals surface area (Å²) in [6.45, 7) is 1.84. The molecule has 5 heteroatoms. The number of hydrogen-bond acceptors (Lipinski definition) is 4. The van der Waals surface area contributed by atoms with Gasteiger partial charge in [-0.15, -0.1) is 0 Å². The standard InChI is InChI=1S/C19H23N3O2/c20-8-5-14-1-3-16(4-2-14)19(23)22-18-13-24-12-17(18)11-15-6-9-21-10-7-15/h1-4,6-7,9-10,17-18H,5,8,11-13,20H2,(H,22,23)/t17-,18-/m1/s1. The summed E-state index contributed by atoms with van der Waals surface area (Å²) in [6.07, 6.45) is 5.29. The normalized spacial score (nSPS) is 20.0. The van der Waals surface area contributed by atoms with Gasteiger partial charge in [0.05, 0.1) is 19.3 Å². The maximum absolute atomic E-state index is 12.5. The maximum Gasteiger partial charge on any atom is 0.251 e. The average molecular weight is 325 g/mol. The van der Waals surface area contributed by atoms with Gasteiger partial charge in [-0.2, -0.15) is 0 Å².